The quantitative estimate of drug-likeness (QED) is 0.517. The van der Waals surface area contributed by atoms with E-state index in [1.807, 2.05) is 54.6 Å². The fourth-order valence-corrected chi connectivity index (χ4v) is 0.698. The standard InChI is InChI=1S/C6H6.C5H5N.2C5H12/c2*1-2-4-6-5-3-1;2*1-5(2,3)4/h1-6H;1-5H;2*1-4H3. The van der Waals surface area contributed by atoms with Crippen molar-refractivity contribution in [2.24, 2.45) is 10.8 Å². The maximum absolute atomic E-state index is 3.78. The van der Waals surface area contributed by atoms with Gasteiger partial charge in [-0.3, -0.25) is 4.98 Å². The summed E-state index contributed by atoms with van der Waals surface area (Å²) < 4.78 is 0. The first kappa shape index (κ1) is 22.6. The summed E-state index contributed by atoms with van der Waals surface area (Å²) in [6.45, 7) is 17.5. The highest BCUT2D eigenvalue weighted by Crippen LogP contribution is 2.08. The molecule has 0 fully saturated rings. The maximum Gasteiger partial charge on any atom is 0.0267 e. The highest BCUT2D eigenvalue weighted by atomic mass is 14.6. The van der Waals surface area contributed by atoms with Gasteiger partial charge in [-0.15, -0.1) is 0 Å². The van der Waals surface area contributed by atoms with Gasteiger partial charge >= 0.3 is 0 Å². The third kappa shape index (κ3) is 51.5. The predicted molar refractivity (Wildman–Crippen MR) is 101 cm³/mol. The lowest BCUT2D eigenvalue weighted by Crippen LogP contribution is -1.93. The molecule has 0 bridgehead atoms. The molecule has 1 heterocycles. The summed E-state index contributed by atoms with van der Waals surface area (Å²) in [6, 6.07) is 17.7. The number of nitrogens with zero attached hydrogens (tertiary/aromatic N) is 1. The molecular formula is C21H35N. The topological polar surface area (TPSA) is 12.9 Å². The van der Waals surface area contributed by atoms with Crippen molar-refractivity contribution in [3.05, 3.63) is 67.0 Å². The molecule has 0 aliphatic carbocycles. The van der Waals surface area contributed by atoms with E-state index in [4.69, 9.17) is 0 Å². The molecule has 0 unspecified atom stereocenters. The van der Waals surface area contributed by atoms with Crippen LogP contribution in [0.15, 0.2) is 67.0 Å². The minimum Gasteiger partial charge on any atom is -0.265 e. The average molecular weight is 302 g/mol. The molecule has 2 aromatic rings. The van der Waals surface area contributed by atoms with Gasteiger partial charge in [-0.25, -0.2) is 0 Å². The number of rotatable bonds is 0. The van der Waals surface area contributed by atoms with Crippen molar-refractivity contribution in [3.63, 3.8) is 0 Å². The molecule has 0 amide bonds. The molecule has 2 rings (SSSR count). The van der Waals surface area contributed by atoms with Crippen LogP contribution in [-0.4, -0.2) is 4.98 Å². The molecule has 1 aromatic heterocycles. The van der Waals surface area contributed by atoms with Crippen LogP contribution in [0.3, 0.4) is 0 Å². The summed E-state index contributed by atoms with van der Waals surface area (Å²) >= 11 is 0. The molecule has 0 spiro atoms. The Morgan fingerprint density at radius 2 is 0.591 bits per heavy atom. The van der Waals surface area contributed by atoms with Crippen molar-refractivity contribution < 1.29 is 0 Å². The summed E-state index contributed by atoms with van der Waals surface area (Å²) in [7, 11) is 0. The highest BCUT2D eigenvalue weighted by Gasteiger charge is 1.96. The molecule has 1 heteroatoms. The van der Waals surface area contributed by atoms with E-state index in [9.17, 15) is 0 Å². The van der Waals surface area contributed by atoms with Gasteiger partial charge in [0.15, 0.2) is 0 Å². The predicted octanol–water partition coefficient (Wildman–Crippen LogP) is 6.87. The first-order chi connectivity index (χ1) is 10.0. The average Bonchev–Trinajstić information content (AvgIpc) is 2.40. The fraction of sp³-hybridized carbons (Fsp3) is 0.476. The van der Waals surface area contributed by atoms with Crippen molar-refractivity contribution in [2.75, 3.05) is 0 Å². The molecule has 1 aromatic carbocycles. The Bertz CT molecular complexity index is 298. The van der Waals surface area contributed by atoms with Gasteiger partial charge in [0.2, 0.25) is 0 Å². The smallest absolute Gasteiger partial charge is 0.0267 e. The van der Waals surface area contributed by atoms with Gasteiger partial charge in [-0.2, -0.15) is 0 Å². The number of hydrogen-bond donors (Lipinski definition) is 0. The van der Waals surface area contributed by atoms with Crippen LogP contribution in [0.4, 0.5) is 0 Å². The van der Waals surface area contributed by atoms with Crippen molar-refractivity contribution in [1.82, 2.24) is 4.98 Å². The van der Waals surface area contributed by atoms with Crippen molar-refractivity contribution in [1.29, 1.82) is 0 Å². The van der Waals surface area contributed by atoms with Gasteiger partial charge in [0.25, 0.3) is 0 Å². The summed E-state index contributed by atoms with van der Waals surface area (Å²) in [4.78, 5) is 3.78. The molecule has 0 atom stereocenters. The van der Waals surface area contributed by atoms with E-state index in [1.54, 1.807) is 12.4 Å². The number of pyridine rings is 1. The Labute approximate surface area is 138 Å². The third-order valence-electron chi connectivity index (χ3n) is 1.23. The first-order valence-electron chi connectivity index (χ1n) is 7.85. The molecule has 124 valence electrons. The van der Waals surface area contributed by atoms with E-state index in [0.29, 0.717) is 10.8 Å². The Hall–Kier alpha value is -1.63. The molecule has 0 radical (unpaired) electrons. The molecule has 0 saturated heterocycles. The van der Waals surface area contributed by atoms with Crippen LogP contribution >= 0.6 is 0 Å². The molecule has 1 nitrogen and oxygen atoms in total. The van der Waals surface area contributed by atoms with Gasteiger partial charge in [-0.05, 0) is 23.0 Å². The number of hydrogen-bond acceptors (Lipinski definition) is 1. The lowest BCUT2D eigenvalue weighted by Gasteiger charge is -2.05. The molecule has 22 heavy (non-hydrogen) atoms. The largest absolute Gasteiger partial charge is 0.265 e. The molecule has 0 N–H and O–H groups in total. The second-order valence-electron chi connectivity index (χ2n) is 8.18. The zero-order chi connectivity index (χ0) is 17.5. The van der Waals surface area contributed by atoms with Crippen LogP contribution in [0, 0.1) is 10.8 Å². The number of aromatic nitrogens is 1. The Morgan fingerprint density at radius 3 is 0.682 bits per heavy atom. The van der Waals surface area contributed by atoms with Crippen molar-refractivity contribution in [2.45, 2.75) is 55.4 Å². The Morgan fingerprint density at radius 1 is 0.409 bits per heavy atom. The van der Waals surface area contributed by atoms with E-state index >= 15 is 0 Å². The Balaban J connectivity index is 0. The van der Waals surface area contributed by atoms with E-state index in [-0.39, 0.29) is 0 Å². The molecular weight excluding hydrogens is 266 g/mol. The van der Waals surface area contributed by atoms with Crippen LogP contribution in [0.2, 0.25) is 0 Å². The summed E-state index contributed by atoms with van der Waals surface area (Å²) in [5.74, 6) is 0. The normalized spacial score (nSPS) is 9.82. The second-order valence-corrected chi connectivity index (χ2v) is 8.18. The van der Waals surface area contributed by atoms with Gasteiger partial charge in [0.1, 0.15) is 0 Å². The lowest BCUT2D eigenvalue weighted by molar-refractivity contribution is 0.469. The van der Waals surface area contributed by atoms with Crippen LogP contribution in [-0.2, 0) is 0 Å². The highest BCUT2D eigenvalue weighted by molar-refractivity contribution is 4.99. The molecule has 0 saturated carbocycles. The van der Waals surface area contributed by atoms with Gasteiger partial charge in [0, 0.05) is 12.4 Å². The number of benzene rings is 1. The van der Waals surface area contributed by atoms with E-state index < -0.39 is 0 Å². The van der Waals surface area contributed by atoms with E-state index in [1.165, 1.54) is 0 Å². The lowest BCUT2D eigenvalue weighted by atomic mass is 10.0. The SMILES string of the molecule is CC(C)(C)C.CC(C)(C)C.c1ccccc1.c1ccncc1. The molecule has 0 aliphatic heterocycles. The van der Waals surface area contributed by atoms with Crippen LogP contribution in [0.5, 0.6) is 0 Å². The van der Waals surface area contributed by atoms with Crippen molar-refractivity contribution in [3.8, 4) is 0 Å². The van der Waals surface area contributed by atoms with E-state index in [0.717, 1.165) is 0 Å². The monoisotopic (exact) mass is 301 g/mol. The summed E-state index contributed by atoms with van der Waals surface area (Å²) in [6.07, 6.45) is 3.50. The zero-order valence-electron chi connectivity index (χ0n) is 15.8. The Kier molecular flexibility index (Phi) is 13.4. The van der Waals surface area contributed by atoms with Gasteiger partial charge < -0.3 is 0 Å². The van der Waals surface area contributed by atoms with Crippen LogP contribution in [0.25, 0.3) is 0 Å². The summed E-state index contributed by atoms with van der Waals surface area (Å²) in [5, 5.41) is 0. The third-order valence-corrected chi connectivity index (χ3v) is 1.23. The second kappa shape index (κ2) is 13.1. The first-order valence-corrected chi connectivity index (χ1v) is 7.85. The maximum atomic E-state index is 3.78. The van der Waals surface area contributed by atoms with Gasteiger partial charge in [0.05, 0.1) is 0 Å². The molecule has 0 aliphatic rings. The van der Waals surface area contributed by atoms with Crippen LogP contribution in [0.1, 0.15) is 55.4 Å². The summed E-state index contributed by atoms with van der Waals surface area (Å²) in [5.41, 5.74) is 1.00. The van der Waals surface area contributed by atoms with Crippen molar-refractivity contribution >= 4 is 0 Å². The van der Waals surface area contributed by atoms with Crippen LogP contribution < -0.4 is 0 Å². The minimum absolute atomic E-state index is 0.500. The fourth-order valence-electron chi connectivity index (χ4n) is 0.698. The van der Waals surface area contributed by atoms with E-state index in [2.05, 4.69) is 60.4 Å². The van der Waals surface area contributed by atoms with Gasteiger partial charge in [-0.1, -0.05) is 97.9 Å². The minimum atomic E-state index is 0.500. The zero-order valence-corrected chi connectivity index (χ0v) is 15.8.